The molecular formula is C16H15NO5. The maximum Gasteiger partial charge on any atom is 0.341 e. The van der Waals surface area contributed by atoms with Crippen molar-refractivity contribution in [3.8, 4) is 11.5 Å². The quantitative estimate of drug-likeness (QED) is 0.690. The van der Waals surface area contributed by atoms with Crippen LogP contribution in [0.25, 0.3) is 0 Å². The number of ether oxygens (including phenoxy) is 3. The van der Waals surface area contributed by atoms with Gasteiger partial charge in [0.25, 0.3) is 0 Å². The molecule has 0 amide bonds. The van der Waals surface area contributed by atoms with Crippen molar-refractivity contribution >= 4 is 17.6 Å². The van der Waals surface area contributed by atoms with E-state index in [9.17, 15) is 9.59 Å². The molecule has 2 aromatic carbocycles. The number of esters is 2. The zero-order valence-electron chi connectivity index (χ0n) is 12.2. The van der Waals surface area contributed by atoms with Gasteiger partial charge in [-0.15, -0.1) is 0 Å². The Morgan fingerprint density at radius 3 is 2.14 bits per heavy atom. The molecule has 6 nitrogen and oxygen atoms in total. The number of nitrogens with two attached hydrogens (primary N) is 1. The fourth-order valence-corrected chi connectivity index (χ4v) is 1.86. The van der Waals surface area contributed by atoms with E-state index in [4.69, 9.17) is 19.9 Å². The number of methoxy groups -OCH3 is 2. The summed E-state index contributed by atoms with van der Waals surface area (Å²) in [5, 5.41) is 0. The summed E-state index contributed by atoms with van der Waals surface area (Å²) in [5.41, 5.74) is 6.49. The van der Waals surface area contributed by atoms with Crippen LogP contribution in [0.2, 0.25) is 0 Å². The Morgan fingerprint density at radius 1 is 0.864 bits per heavy atom. The average Bonchev–Trinajstić information content (AvgIpc) is 2.55. The van der Waals surface area contributed by atoms with Crippen LogP contribution in [0.15, 0.2) is 42.5 Å². The first-order chi connectivity index (χ1) is 10.6. The molecule has 6 heteroatoms. The van der Waals surface area contributed by atoms with E-state index in [1.54, 1.807) is 30.3 Å². The lowest BCUT2D eigenvalue weighted by Gasteiger charge is -2.13. The Balaban J connectivity index is 2.44. The first-order valence-electron chi connectivity index (χ1n) is 6.40. The van der Waals surface area contributed by atoms with Crippen LogP contribution in [0.3, 0.4) is 0 Å². The maximum atomic E-state index is 11.8. The monoisotopic (exact) mass is 301 g/mol. The highest BCUT2D eigenvalue weighted by molar-refractivity contribution is 5.95. The van der Waals surface area contributed by atoms with Crippen LogP contribution in [0.4, 0.5) is 5.69 Å². The van der Waals surface area contributed by atoms with E-state index in [1.165, 1.54) is 26.4 Å². The summed E-state index contributed by atoms with van der Waals surface area (Å²) in [6, 6.07) is 11.1. The molecule has 2 rings (SSSR count). The highest BCUT2D eigenvalue weighted by Gasteiger charge is 2.18. The molecule has 22 heavy (non-hydrogen) atoms. The van der Waals surface area contributed by atoms with Gasteiger partial charge in [-0.3, -0.25) is 0 Å². The number of para-hydroxylation sites is 1. The Hall–Kier alpha value is -3.02. The molecule has 2 N–H and O–H groups in total. The van der Waals surface area contributed by atoms with Crippen molar-refractivity contribution in [1.82, 2.24) is 0 Å². The van der Waals surface area contributed by atoms with Crippen molar-refractivity contribution in [3.63, 3.8) is 0 Å². The summed E-state index contributed by atoms with van der Waals surface area (Å²) in [5.74, 6) is -0.620. The summed E-state index contributed by atoms with van der Waals surface area (Å²) in [7, 11) is 2.54. The molecule has 0 fully saturated rings. The van der Waals surface area contributed by atoms with Gasteiger partial charge in [0.15, 0.2) is 0 Å². The molecule has 0 aliphatic heterocycles. The van der Waals surface area contributed by atoms with Gasteiger partial charge >= 0.3 is 11.9 Å². The normalized spacial score (nSPS) is 9.91. The van der Waals surface area contributed by atoms with Gasteiger partial charge in [-0.05, 0) is 30.3 Å². The van der Waals surface area contributed by atoms with Crippen molar-refractivity contribution < 1.29 is 23.8 Å². The van der Waals surface area contributed by atoms with E-state index in [0.29, 0.717) is 5.69 Å². The van der Waals surface area contributed by atoms with Crippen molar-refractivity contribution in [2.75, 3.05) is 20.0 Å². The first-order valence-corrected chi connectivity index (χ1v) is 6.40. The molecule has 2 aromatic rings. The Bertz CT molecular complexity index is 711. The third kappa shape index (κ3) is 3.17. The van der Waals surface area contributed by atoms with Crippen LogP contribution < -0.4 is 10.5 Å². The van der Waals surface area contributed by atoms with Crippen LogP contribution in [-0.4, -0.2) is 26.2 Å². The predicted molar refractivity (Wildman–Crippen MR) is 80.0 cm³/mol. The number of hydrogen-bond acceptors (Lipinski definition) is 6. The molecule has 0 saturated heterocycles. The Labute approximate surface area is 127 Å². The van der Waals surface area contributed by atoms with Gasteiger partial charge in [0, 0.05) is 5.69 Å². The van der Waals surface area contributed by atoms with Crippen molar-refractivity contribution in [2.45, 2.75) is 0 Å². The molecule has 0 radical (unpaired) electrons. The van der Waals surface area contributed by atoms with Gasteiger partial charge in [0.05, 0.1) is 14.2 Å². The number of anilines is 1. The Kier molecular flexibility index (Phi) is 4.63. The van der Waals surface area contributed by atoms with E-state index >= 15 is 0 Å². The molecule has 0 aliphatic carbocycles. The number of carbonyl (C=O) groups excluding carboxylic acids is 2. The topological polar surface area (TPSA) is 87.9 Å². The third-order valence-corrected chi connectivity index (χ3v) is 2.92. The van der Waals surface area contributed by atoms with Gasteiger partial charge in [-0.25, -0.2) is 9.59 Å². The van der Waals surface area contributed by atoms with Gasteiger partial charge < -0.3 is 19.9 Å². The SMILES string of the molecule is COC(=O)c1ccccc1Oc1ccc(N)cc1C(=O)OC. The fourth-order valence-electron chi connectivity index (χ4n) is 1.86. The minimum atomic E-state index is -0.585. The zero-order valence-corrected chi connectivity index (χ0v) is 12.2. The lowest BCUT2D eigenvalue weighted by atomic mass is 10.1. The fraction of sp³-hybridized carbons (Fsp3) is 0.125. The molecule has 114 valence electrons. The van der Waals surface area contributed by atoms with Crippen molar-refractivity contribution in [1.29, 1.82) is 0 Å². The number of rotatable bonds is 4. The lowest BCUT2D eigenvalue weighted by Crippen LogP contribution is -2.07. The van der Waals surface area contributed by atoms with E-state index in [-0.39, 0.29) is 22.6 Å². The van der Waals surface area contributed by atoms with Gasteiger partial charge in [0.2, 0.25) is 0 Å². The van der Waals surface area contributed by atoms with Crippen LogP contribution in [0.1, 0.15) is 20.7 Å². The lowest BCUT2D eigenvalue weighted by molar-refractivity contribution is 0.0593. The molecule has 0 unspecified atom stereocenters. The summed E-state index contributed by atoms with van der Waals surface area (Å²) < 4.78 is 15.1. The molecule has 0 spiro atoms. The second-order valence-corrected chi connectivity index (χ2v) is 4.34. The van der Waals surface area contributed by atoms with Crippen molar-refractivity contribution in [2.24, 2.45) is 0 Å². The summed E-state index contributed by atoms with van der Waals surface area (Å²) in [4.78, 5) is 23.5. The van der Waals surface area contributed by atoms with E-state index < -0.39 is 11.9 Å². The van der Waals surface area contributed by atoms with Gasteiger partial charge in [-0.2, -0.15) is 0 Å². The molecular weight excluding hydrogens is 286 g/mol. The smallest absolute Gasteiger partial charge is 0.341 e. The molecule has 0 bridgehead atoms. The van der Waals surface area contributed by atoms with E-state index in [1.807, 2.05) is 0 Å². The number of hydrogen-bond donors (Lipinski definition) is 1. The minimum Gasteiger partial charge on any atom is -0.465 e. The highest BCUT2D eigenvalue weighted by Crippen LogP contribution is 2.30. The molecule has 0 heterocycles. The third-order valence-electron chi connectivity index (χ3n) is 2.92. The molecule has 0 aromatic heterocycles. The van der Waals surface area contributed by atoms with Crippen LogP contribution >= 0.6 is 0 Å². The maximum absolute atomic E-state index is 11.8. The van der Waals surface area contributed by atoms with Gasteiger partial charge in [-0.1, -0.05) is 12.1 Å². The van der Waals surface area contributed by atoms with Crippen LogP contribution in [0, 0.1) is 0 Å². The zero-order chi connectivity index (χ0) is 16.1. The number of benzene rings is 2. The number of carbonyl (C=O) groups is 2. The van der Waals surface area contributed by atoms with Gasteiger partial charge in [0.1, 0.15) is 22.6 Å². The second kappa shape index (κ2) is 6.62. The average molecular weight is 301 g/mol. The Morgan fingerprint density at radius 2 is 1.45 bits per heavy atom. The van der Waals surface area contributed by atoms with E-state index in [0.717, 1.165) is 0 Å². The highest BCUT2D eigenvalue weighted by atomic mass is 16.5. The van der Waals surface area contributed by atoms with Crippen LogP contribution in [-0.2, 0) is 9.47 Å². The standard InChI is InChI=1S/C16H15NO5/c1-20-15(18)11-5-3-4-6-13(11)22-14-8-7-10(17)9-12(14)16(19)21-2/h3-9H,17H2,1-2H3. The molecule has 0 saturated carbocycles. The second-order valence-electron chi connectivity index (χ2n) is 4.34. The van der Waals surface area contributed by atoms with Crippen LogP contribution in [0.5, 0.6) is 11.5 Å². The summed E-state index contributed by atoms with van der Waals surface area (Å²) in [6.07, 6.45) is 0. The summed E-state index contributed by atoms with van der Waals surface area (Å²) in [6.45, 7) is 0. The molecule has 0 atom stereocenters. The largest absolute Gasteiger partial charge is 0.465 e. The first kappa shape index (κ1) is 15.4. The summed E-state index contributed by atoms with van der Waals surface area (Å²) >= 11 is 0. The predicted octanol–water partition coefficient (Wildman–Crippen LogP) is 2.63. The minimum absolute atomic E-state index is 0.169. The molecule has 0 aliphatic rings. The van der Waals surface area contributed by atoms with Crippen molar-refractivity contribution in [3.05, 3.63) is 53.6 Å². The van der Waals surface area contributed by atoms with E-state index in [2.05, 4.69) is 0 Å². The number of nitrogen functional groups attached to an aromatic ring is 1.